The quantitative estimate of drug-likeness (QED) is 0.668. The maximum absolute atomic E-state index is 12.7. The molecule has 0 bridgehead atoms. The van der Waals surface area contributed by atoms with Crippen LogP contribution in [0.4, 0.5) is 4.79 Å². The summed E-state index contributed by atoms with van der Waals surface area (Å²) in [5.41, 5.74) is 4.67. The van der Waals surface area contributed by atoms with Gasteiger partial charge in [-0.05, 0) is 41.0 Å². The van der Waals surface area contributed by atoms with E-state index in [4.69, 9.17) is 9.84 Å². The number of nitrogens with one attached hydrogen (secondary N) is 1. The van der Waals surface area contributed by atoms with Gasteiger partial charge in [-0.2, -0.15) is 0 Å². The molecule has 2 aromatic carbocycles. The normalized spacial score (nSPS) is 19.3. The fourth-order valence-electron chi connectivity index (χ4n) is 5.20. The molecule has 33 heavy (non-hydrogen) atoms. The summed E-state index contributed by atoms with van der Waals surface area (Å²) in [6.07, 6.45) is 2.95. The summed E-state index contributed by atoms with van der Waals surface area (Å²) in [6.45, 7) is 0.268. The average Bonchev–Trinajstić information content (AvgIpc) is 3.14. The number of hydrogen-bond donors (Lipinski definition) is 2. The van der Waals surface area contributed by atoms with Crippen molar-refractivity contribution in [3.8, 4) is 11.1 Å². The molecule has 1 saturated carbocycles. The van der Waals surface area contributed by atoms with Gasteiger partial charge < -0.3 is 20.1 Å². The topological polar surface area (TPSA) is 95.9 Å². The lowest BCUT2D eigenvalue weighted by molar-refractivity contribution is -0.146. The third kappa shape index (κ3) is 5.02. The van der Waals surface area contributed by atoms with Gasteiger partial charge in [0.2, 0.25) is 5.91 Å². The summed E-state index contributed by atoms with van der Waals surface area (Å²) < 4.78 is 5.60. The molecule has 0 heterocycles. The largest absolute Gasteiger partial charge is 0.480 e. The van der Waals surface area contributed by atoms with Gasteiger partial charge in [-0.25, -0.2) is 4.79 Å². The molecule has 2 aromatic rings. The molecule has 7 nitrogen and oxygen atoms in total. The third-order valence-corrected chi connectivity index (χ3v) is 6.83. The number of carbonyl (C=O) groups excluding carboxylic acids is 2. The summed E-state index contributed by atoms with van der Waals surface area (Å²) in [5, 5.41) is 11.8. The smallest absolute Gasteiger partial charge is 0.407 e. The second-order valence-electron chi connectivity index (χ2n) is 8.95. The Bertz CT molecular complexity index is 991. The van der Waals surface area contributed by atoms with Gasteiger partial charge in [0.25, 0.3) is 0 Å². The predicted octanol–water partition coefficient (Wildman–Crippen LogP) is 3.87. The summed E-state index contributed by atoms with van der Waals surface area (Å²) in [5.74, 6) is -1.51. The van der Waals surface area contributed by atoms with Gasteiger partial charge in [-0.3, -0.25) is 9.59 Å². The van der Waals surface area contributed by atoms with Crippen LogP contribution >= 0.6 is 0 Å². The molecule has 4 rings (SSSR count). The fourth-order valence-corrected chi connectivity index (χ4v) is 5.20. The second-order valence-corrected chi connectivity index (χ2v) is 8.95. The lowest BCUT2D eigenvalue weighted by atomic mass is 9.78. The Morgan fingerprint density at radius 3 is 2.24 bits per heavy atom. The van der Waals surface area contributed by atoms with Gasteiger partial charge in [0.15, 0.2) is 0 Å². The Hall–Kier alpha value is -3.35. The number of likely N-dealkylation sites (N-methyl/N-ethyl adjacent to an activating group) is 1. The summed E-state index contributed by atoms with van der Waals surface area (Å²) >= 11 is 0. The lowest BCUT2D eigenvalue weighted by Gasteiger charge is -2.33. The first-order valence-corrected chi connectivity index (χ1v) is 11.5. The summed E-state index contributed by atoms with van der Waals surface area (Å²) in [7, 11) is 1.51. The number of carboxylic acids is 1. The minimum atomic E-state index is -1.03. The molecule has 2 amide bonds. The number of rotatable bonds is 7. The molecule has 2 aliphatic carbocycles. The molecule has 0 unspecified atom stereocenters. The highest BCUT2D eigenvalue weighted by Crippen LogP contribution is 2.44. The van der Waals surface area contributed by atoms with E-state index in [-0.39, 0.29) is 36.8 Å². The van der Waals surface area contributed by atoms with Crippen LogP contribution in [0, 0.1) is 11.8 Å². The van der Waals surface area contributed by atoms with Crippen LogP contribution in [0.2, 0.25) is 0 Å². The molecule has 2 atom stereocenters. The van der Waals surface area contributed by atoms with Crippen molar-refractivity contribution < 1.29 is 24.2 Å². The minimum Gasteiger partial charge on any atom is -0.480 e. The number of carboxylic acid groups (broad SMARTS) is 1. The van der Waals surface area contributed by atoms with Crippen molar-refractivity contribution in [2.75, 3.05) is 26.7 Å². The molecule has 1 fully saturated rings. The van der Waals surface area contributed by atoms with Gasteiger partial charge in [0.05, 0.1) is 0 Å². The van der Waals surface area contributed by atoms with E-state index in [0.717, 1.165) is 30.4 Å². The standard InChI is InChI=1S/C26H30N2O5/c1-28(15-24(29)30)25(31)18-9-3-2-8-17(18)14-27-26(32)33-16-23-21-12-6-4-10-19(21)20-11-5-7-13-22(20)23/h4-7,10-13,17-18,23H,2-3,8-9,14-16H2,1H3,(H,27,32)(H,29,30)/t17-,18-/m0/s1. The molecule has 7 heteroatoms. The van der Waals surface area contributed by atoms with Crippen molar-refractivity contribution in [3.63, 3.8) is 0 Å². The molecule has 0 aliphatic heterocycles. The Morgan fingerprint density at radius 1 is 1.00 bits per heavy atom. The maximum Gasteiger partial charge on any atom is 0.407 e. The molecule has 0 spiro atoms. The van der Waals surface area contributed by atoms with Crippen molar-refractivity contribution in [2.24, 2.45) is 11.8 Å². The Kier molecular flexibility index (Phi) is 6.96. The molecule has 2 aliphatic rings. The van der Waals surface area contributed by atoms with Crippen LogP contribution in [0.5, 0.6) is 0 Å². The van der Waals surface area contributed by atoms with Crippen LogP contribution < -0.4 is 5.32 Å². The Morgan fingerprint density at radius 2 is 1.61 bits per heavy atom. The number of hydrogen-bond acceptors (Lipinski definition) is 4. The summed E-state index contributed by atoms with van der Waals surface area (Å²) in [6, 6.07) is 16.4. The number of fused-ring (bicyclic) bond motifs is 3. The molecule has 2 N–H and O–H groups in total. The Labute approximate surface area is 193 Å². The van der Waals surface area contributed by atoms with E-state index in [1.165, 1.54) is 23.1 Å². The maximum atomic E-state index is 12.7. The highest BCUT2D eigenvalue weighted by atomic mass is 16.5. The molecule has 0 radical (unpaired) electrons. The van der Waals surface area contributed by atoms with E-state index < -0.39 is 12.1 Å². The van der Waals surface area contributed by atoms with Crippen LogP contribution in [0.15, 0.2) is 48.5 Å². The van der Waals surface area contributed by atoms with Crippen molar-refractivity contribution >= 4 is 18.0 Å². The van der Waals surface area contributed by atoms with Gasteiger partial charge in [-0.1, -0.05) is 61.4 Å². The van der Waals surface area contributed by atoms with Crippen molar-refractivity contribution in [1.82, 2.24) is 10.2 Å². The van der Waals surface area contributed by atoms with Crippen LogP contribution in [0.3, 0.4) is 0 Å². The van der Waals surface area contributed by atoms with E-state index >= 15 is 0 Å². The SMILES string of the molecule is CN(CC(=O)O)C(=O)[C@H]1CCCC[C@H]1CNC(=O)OCC1c2ccccc2-c2ccccc21. The lowest BCUT2D eigenvalue weighted by Crippen LogP contribution is -2.44. The zero-order chi connectivity index (χ0) is 23.4. The number of ether oxygens (including phenoxy) is 1. The average molecular weight is 451 g/mol. The highest BCUT2D eigenvalue weighted by molar-refractivity contribution is 5.83. The van der Waals surface area contributed by atoms with E-state index in [0.29, 0.717) is 13.0 Å². The van der Waals surface area contributed by atoms with Gasteiger partial charge >= 0.3 is 12.1 Å². The second kappa shape index (κ2) is 10.1. The Balaban J connectivity index is 1.34. The van der Waals surface area contributed by atoms with Crippen LogP contribution in [-0.2, 0) is 14.3 Å². The summed E-state index contributed by atoms with van der Waals surface area (Å²) in [4.78, 5) is 37.5. The van der Waals surface area contributed by atoms with Gasteiger partial charge in [0, 0.05) is 25.4 Å². The number of benzene rings is 2. The number of carbonyl (C=O) groups is 3. The molecule has 0 aromatic heterocycles. The van der Waals surface area contributed by atoms with Gasteiger partial charge in [-0.15, -0.1) is 0 Å². The van der Waals surface area contributed by atoms with E-state index in [1.807, 2.05) is 24.3 Å². The van der Waals surface area contributed by atoms with E-state index in [2.05, 4.69) is 29.6 Å². The highest BCUT2D eigenvalue weighted by Gasteiger charge is 2.34. The van der Waals surface area contributed by atoms with Crippen molar-refractivity contribution in [1.29, 1.82) is 0 Å². The number of aliphatic carboxylic acids is 1. The van der Waals surface area contributed by atoms with E-state index in [1.54, 1.807) is 0 Å². The number of nitrogens with zero attached hydrogens (tertiary/aromatic N) is 1. The molecular formula is C26H30N2O5. The monoisotopic (exact) mass is 450 g/mol. The fraction of sp³-hybridized carbons (Fsp3) is 0.423. The van der Waals surface area contributed by atoms with Crippen molar-refractivity contribution in [2.45, 2.75) is 31.6 Å². The molecule has 0 saturated heterocycles. The van der Waals surface area contributed by atoms with Crippen LogP contribution in [0.25, 0.3) is 11.1 Å². The molecular weight excluding hydrogens is 420 g/mol. The van der Waals surface area contributed by atoms with Crippen molar-refractivity contribution in [3.05, 3.63) is 59.7 Å². The first kappa shape index (κ1) is 22.8. The van der Waals surface area contributed by atoms with Crippen LogP contribution in [0.1, 0.15) is 42.7 Å². The number of alkyl carbamates (subject to hydrolysis) is 1. The van der Waals surface area contributed by atoms with Crippen LogP contribution in [-0.4, -0.2) is 54.7 Å². The zero-order valence-electron chi connectivity index (χ0n) is 18.8. The first-order chi connectivity index (χ1) is 16.0. The van der Waals surface area contributed by atoms with Gasteiger partial charge in [0.1, 0.15) is 13.2 Å². The minimum absolute atomic E-state index is 0.00294. The molecule has 174 valence electrons. The van der Waals surface area contributed by atoms with E-state index in [9.17, 15) is 14.4 Å². The zero-order valence-corrected chi connectivity index (χ0v) is 18.8. The third-order valence-electron chi connectivity index (χ3n) is 6.83. The number of amides is 2. The predicted molar refractivity (Wildman–Crippen MR) is 124 cm³/mol. The first-order valence-electron chi connectivity index (χ1n) is 11.5.